The molecule has 0 bridgehead atoms. The van der Waals surface area contributed by atoms with E-state index in [0.717, 1.165) is 5.69 Å². The molecule has 17 heavy (non-hydrogen) atoms. The van der Waals surface area contributed by atoms with Gasteiger partial charge in [-0.3, -0.25) is 4.79 Å². The number of anilines is 1. The summed E-state index contributed by atoms with van der Waals surface area (Å²) in [4.78, 5) is 13.5. The van der Waals surface area contributed by atoms with E-state index in [2.05, 4.69) is 12.6 Å². The van der Waals surface area contributed by atoms with E-state index in [1.165, 1.54) is 0 Å². The van der Waals surface area contributed by atoms with Gasteiger partial charge >= 0.3 is 0 Å². The van der Waals surface area contributed by atoms with Gasteiger partial charge in [0, 0.05) is 30.0 Å². The van der Waals surface area contributed by atoms with Crippen LogP contribution in [0.4, 0.5) is 5.69 Å². The topological polar surface area (TPSA) is 38.8 Å². The highest BCUT2D eigenvalue weighted by Crippen LogP contribution is 2.33. The maximum atomic E-state index is 11.7. The third kappa shape index (κ3) is 2.34. The van der Waals surface area contributed by atoms with Crippen molar-refractivity contribution in [2.75, 3.05) is 25.7 Å². The van der Waals surface area contributed by atoms with Crippen LogP contribution in [-0.2, 0) is 4.79 Å². The van der Waals surface area contributed by atoms with Crippen LogP contribution in [0.3, 0.4) is 0 Å². The first-order valence-electron chi connectivity index (χ1n) is 5.36. The summed E-state index contributed by atoms with van der Waals surface area (Å²) in [7, 11) is 3.16. The second kappa shape index (κ2) is 4.87. The number of methoxy groups -OCH3 is 2. The first kappa shape index (κ1) is 12.1. The number of nitrogens with zero attached hydrogens (tertiary/aromatic N) is 1. The van der Waals surface area contributed by atoms with Crippen LogP contribution < -0.4 is 14.4 Å². The first-order valence-corrected chi connectivity index (χ1v) is 5.87. The summed E-state index contributed by atoms with van der Waals surface area (Å²) >= 11 is 4.33. The second-order valence-corrected chi connectivity index (χ2v) is 4.63. The lowest BCUT2D eigenvalue weighted by Crippen LogP contribution is -2.24. The molecule has 0 aromatic heterocycles. The van der Waals surface area contributed by atoms with Gasteiger partial charge in [-0.15, -0.1) is 0 Å². The Morgan fingerprint density at radius 2 is 2.00 bits per heavy atom. The number of amides is 1. The van der Waals surface area contributed by atoms with Crippen molar-refractivity contribution >= 4 is 24.2 Å². The molecule has 5 heteroatoms. The van der Waals surface area contributed by atoms with Crippen molar-refractivity contribution in [1.29, 1.82) is 0 Å². The zero-order chi connectivity index (χ0) is 12.4. The molecule has 0 N–H and O–H groups in total. The van der Waals surface area contributed by atoms with Crippen molar-refractivity contribution in [2.24, 2.45) is 0 Å². The smallest absolute Gasteiger partial charge is 0.228 e. The third-order valence-corrected chi connectivity index (χ3v) is 3.13. The van der Waals surface area contributed by atoms with Gasteiger partial charge in [0.1, 0.15) is 0 Å². The predicted molar refractivity (Wildman–Crippen MR) is 69.3 cm³/mol. The fourth-order valence-corrected chi connectivity index (χ4v) is 2.25. The molecule has 1 saturated heterocycles. The third-order valence-electron chi connectivity index (χ3n) is 2.78. The Balaban J connectivity index is 2.30. The molecule has 4 nitrogen and oxygen atoms in total. The van der Waals surface area contributed by atoms with E-state index in [1.54, 1.807) is 25.2 Å². The Hall–Kier alpha value is -1.36. The molecule has 1 amide bonds. The molecule has 0 spiro atoms. The summed E-state index contributed by atoms with van der Waals surface area (Å²) in [6.45, 7) is 0.636. The molecule has 0 aliphatic carbocycles. The molecule has 1 aliphatic rings. The number of hydrogen-bond donors (Lipinski definition) is 1. The van der Waals surface area contributed by atoms with Crippen molar-refractivity contribution in [3.8, 4) is 11.5 Å². The average Bonchev–Trinajstić information content (AvgIpc) is 2.67. The van der Waals surface area contributed by atoms with Gasteiger partial charge in [-0.05, 0) is 12.1 Å². The van der Waals surface area contributed by atoms with E-state index in [4.69, 9.17) is 9.47 Å². The summed E-state index contributed by atoms with van der Waals surface area (Å²) in [5.41, 5.74) is 0.823. The van der Waals surface area contributed by atoms with Crippen molar-refractivity contribution in [3.05, 3.63) is 18.2 Å². The van der Waals surface area contributed by atoms with Gasteiger partial charge in [-0.2, -0.15) is 12.6 Å². The van der Waals surface area contributed by atoms with Crippen LogP contribution in [-0.4, -0.2) is 31.9 Å². The minimum atomic E-state index is 0.0946. The zero-order valence-corrected chi connectivity index (χ0v) is 10.7. The number of benzene rings is 1. The van der Waals surface area contributed by atoms with E-state index < -0.39 is 0 Å². The van der Waals surface area contributed by atoms with Gasteiger partial charge in [-0.1, -0.05) is 0 Å². The highest BCUT2D eigenvalue weighted by atomic mass is 32.1. The van der Waals surface area contributed by atoms with E-state index in [-0.39, 0.29) is 11.2 Å². The predicted octanol–water partition coefficient (Wildman–Crippen LogP) is 1.74. The van der Waals surface area contributed by atoms with Crippen LogP contribution in [0, 0.1) is 0 Å². The van der Waals surface area contributed by atoms with Crippen LogP contribution in [0.15, 0.2) is 18.2 Å². The van der Waals surface area contributed by atoms with E-state index in [1.807, 2.05) is 12.1 Å². The molecular formula is C12H15NO3S. The van der Waals surface area contributed by atoms with Gasteiger partial charge in [0.2, 0.25) is 5.91 Å². The lowest BCUT2D eigenvalue weighted by molar-refractivity contribution is -0.117. The van der Waals surface area contributed by atoms with Crippen molar-refractivity contribution in [1.82, 2.24) is 0 Å². The molecule has 1 atom stereocenters. The first-order chi connectivity index (χ1) is 8.15. The maximum Gasteiger partial charge on any atom is 0.228 e. The van der Waals surface area contributed by atoms with Gasteiger partial charge in [0.25, 0.3) is 0 Å². The number of carbonyl (C=O) groups is 1. The number of carbonyl (C=O) groups excluding carboxylic acids is 1. The fraction of sp³-hybridized carbons (Fsp3) is 0.417. The van der Waals surface area contributed by atoms with Crippen LogP contribution in [0.25, 0.3) is 0 Å². The number of thiol groups is 1. The average molecular weight is 253 g/mol. The Morgan fingerprint density at radius 1 is 1.29 bits per heavy atom. The maximum absolute atomic E-state index is 11.7. The fourth-order valence-electron chi connectivity index (χ4n) is 1.93. The van der Waals surface area contributed by atoms with Gasteiger partial charge in [-0.25, -0.2) is 0 Å². The largest absolute Gasteiger partial charge is 0.493 e. The Labute approximate surface area is 106 Å². The van der Waals surface area contributed by atoms with Crippen molar-refractivity contribution < 1.29 is 14.3 Å². The summed E-state index contributed by atoms with van der Waals surface area (Å²) < 4.78 is 10.4. The van der Waals surface area contributed by atoms with Crippen LogP contribution in [0.1, 0.15) is 6.42 Å². The molecule has 92 valence electrons. The normalized spacial score (nSPS) is 19.6. The number of ether oxygens (including phenoxy) is 2. The minimum absolute atomic E-state index is 0.0946. The van der Waals surface area contributed by atoms with Crippen molar-refractivity contribution in [2.45, 2.75) is 11.7 Å². The molecule has 1 aromatic rings. The molecule has 0 saturated carbocycles. The Bertz CT molecular complexity index is 436. The van der Waals surface area contributed by atoms with E-state index >= 15 is 0 Å². The summed E-state index contributed by atoms with van der Waals surface area (Å²) in [6, 6.07) is 5.46. The highest BCUT2D eigenvalue weighted by molar-refractivity contribution is 7.81. The highest BCUT2D eigenvalue weighted by Gasteiger charge is 2.28. The molecular weight excluding hydrogens is 238 g/mol. The molecule has 1 aliphatic heterocycles. The van der Waals surface area contributed by atoms with Crippen LogP contribution >= 0.6 is 12.6 Å². The van der Waals surface area contributed by atoms with Gasteiger partial charge in [0.05, 0.1) is 14.2 Å². The molecule has 1 fully saturated rings. The second-order valence-electron chi connectivity index (χ2n) is 3.90. The Kier molecular flexibility index (Phi) is 3.47. The number of hydrogen-bond acceptors (Lipinski definition) is 4. The van der Waals surface area contributed by atoms with Crippen LogP contribution in [0.5, 0.6) is 11.5 Å². The number of rotatable bonds is 3. The standard InChI is InChI=1S/C12H15NO3S/c1-15-10-4-3-8(5-11(10)16-2)13-7-9(17)6-12(13)14/h3-5,9,17H,6-7H2,1-2H3. The van der Waals surface area contributed by atoms with Crippen LogP contribution in [0.2, 0.25) is 0 Å². The zero-order valence-electron chi connectivity index (χ0n) is 9.84. The molecule has 1 heterocycles. The molecule has 2 rings (SSSR count). The summed E-state index contributed by atoms with van der Waals surface area (Å²) in [5.74, 6) is 1.38. The summed E-state index contributed by atoms with van der Waals surface area (Å²) in [6.07, 6.45) is 0.484. The summed E-state index contributed by atoms with van der Waals surface area (Å²) in [5, 5.41) is 0.107. The lowest BCUT2D eigenvalue weighted by Gasteiger charge is -2.18. The lowest BCUT2D eigenvalue weighted by atomic mass is 10.2. The van der Waals surface area contributed by atoms with Gasteiger partial charge in [0.15, 0.2) is 11.5 Å². The SMILES string of the molecule is COc1ccc(N2CC(S)CC2=O)cc1OC. The molecule has 0 radical (unpaired) electrons. The van der Waals surface area contributed by atoms with Crippen molar-refractivity contribution in [3.63, 3.8) is 0 Å². The van der Waals surface area contributed by atoms with E-state index in [9.17, 15) is 4.79 Å². The van der Waals surface area contributed by atoms with E-state index in [0.29, 0.717) is 24.5 Å². The minimum Gasteiger partial charge on any atom is -0.493 e. The Morgan fingerprint density at radius 3 is 2.53 bits per heavy atom. The van der Waals surface area contributed by atoms with Gasteiger partial charge < -0.3 is 14.4 Å². The quantitative estimate of drug-likeness (QED) is 0.834. The monoisotopic (exact) mass is 253 g/mol. The molecule has 1 unspecified atom stereocenters. The molecule has 1 aromatic carbocycles.